The van der Waals surface area contributed by atoms with Crippen LogP contribution in [0.1, 0.15) is 33.2 Å². The van der Waals surface area contributed by atoms with Gasteiger partial charge in [0.25, 0.3) is 0 Å². The number of nitrogens with one attached hydrogen (secondary N) is 2. The molecule has 0 aliphatic heterocycles. The fraction of sp³-hybridized carbons (Fsp3) is 0.400. The Morgan fingerprint density at radius 1 is 1.22 bits per heavy atom. The van der Waals surface area contributed by atoms with Crippen LogP contribution in [0.25, 0.3) is 11.2 Å². The van der Waals surface area contributed by atoms with E-state index in [-0.39, 0.29) is 6.04 Å². The number of hydrogen-bond acceptors (Lipinski definition) is 7. The van der Waals surface area contributed by atoms with Gasteiger partial charge in [0.05, 0.1) is 6.33 Å². The molecule has 0 aromatic carbocycles. The van der Waals surface area contributed by atoms with Gasteiger partial charge in [-0.3, -0.25) is 0 Å². The fourth-order valence-electron chi connectivity index (χ4n) is 2.20. The van der Waals surface area contributed by atoms with E-state index >= 15 is 0 Å². The van der Waals surface area contributed by atoms with Gasteiger partial charge < -0.3 is 15.2 Å². The van der Waals surface area contributed by atoms with E-state index in [1.807, 2.05) is 4.57 Å². The lowest BCUT2D eigenvalue weighted by Gasteiger charge is -2.11. The minimum absolute atomic E-state index is 0.265. The maximum absolute atomic E-state index is 4.60. The molecule has 120 valence electrons. The Balaban J connectivity index is 2.05. The van der Waals surface area contributed by atoms with Gasteiger partial charge in [-0.25, -0.2) is 15.0 Å². The number of hydrogen-bond donors (Lipinski definition) is 2. The normalized spacial score (nSPS) is 11.1. The molecule has 0 unspecified atom stereocenters. The summed E-state index contributed by atoms with van der Waals surface area (Å²) in [4.78, 5) is 21.6. The van der Waals surface area contributed by atoms with Crippen LogP contribution in [-0.4, -0.2) is 36.0 Å². The molecule has 3 rings (SSSR count). The zero-order valence-electron chi connectivity index (χ0n) is 13.5. The SMILES string of the molecule is CCCNc1nc(Nc2ccncn2)nc2c1ncn2C(C)C. The number of rotatable bonds is 6. The molecule has 0 saturated carbocycles. The van der Waals surface area contributed by atoms with Crippen LogP contribution in [0.2, 0.25) is 0 Å². The molecule has 8 heteroatoms. The van der Waals surface area contributed by atoms with Gasteiger partial charge in [0.15, 0.2) is 17.0 Å². The predicted molar refractivity (Wildman–Crippen MR) is 89.8 cm³/mol. The first-order valence-corrected chi connectivity index (χ1v) is 7.70. The number of aromatic nitrogens is 6. The molecular weight excluding hydrogens is 292 g/mol. The summed E-state index contributed by atoms with van der Waals surface area (Å²) in [6.45, 7) is 7.13. The van der Waals surface area contributed by atoms with Crippen molar-refractivity contribution in [2.45, 2.75) is 33.2 Å². The van der Waals surface area contributed by atoms with Gasteiger partial charge in [-0.05, 0) is 26.3 Å². The van der Waals surface area contributed by atoms with Gasteiger partial charge in [-0.2, -0.15) is 9.97 Å². The molecule has 0 atom stereocenters. The van der Waals surface area contributed by atoms with Crippen molar-refractivity contribution in [1.29, 1.82) is 0 Å². The Bertz CT molecular complexity index is 781. The molecule has 2 N–H and O–H groups in total. The lowest BCUT2D eigenvalue weighted by atomic mass is 10.4. The Morgan fingerprint density at radius 2 is 2.09 bits per heavy atom. The van der Waals surface area contributed by atoms with Crippen molar-refractivity contribution in [3.63, 3.8) is 0 Å². The largest absolute Gasteiger partial charge is 0.368 e. The molecule has 0 radical (unpaired) electrons. The molecule has 23 heavy (non-hydrogen) atoms. The molecule has 0 aliphatic carbocycles. The second-order valence-electron chi connectivity index (χ2n) is 5.46. The third-order valence-corrected chi connectivity index (χ3v) is 3.34. The van der Waals surface area contributed by atoms with E-state index in [9.17, 15) is 0 Å². The zero-order chi connectivity index (χ0) is 16.2. The lowest BCUT2D eigenvalue weighted by Crippen LogP contribution is -2.08. The summed E-state index contributed by atoms with van der Waals surface area (Å²) in [5.74, 6) is 1.86. The summed E-state index contributed by atoms with van der Waals surface area (Å²) in [6, 6.07) is 2.03. The fourth-order valence-corrected chi connectivity index (χ4v) is 2.20. The summed E-state index contributed by atoms with van der Waals surface area (Å²) in [5, 5.41) is 6.43. The second kappa shape index (κ2) is 6.55. The monoisotopic (exact) mass is 312 g/mol. The summed E-state index contributed by atoms with van der Waals surface area (Å²) < 4.78 is 2.03. The van der Waals surface area contributed by atoms with Crippen molar-refractivity contribution in [3.8, 4) is 0 Å². The molecule has 0 amide bonds. The van der Waals surface area contributed by atoms with Crippen LogP contribution in [0.15, 0.2) is 24.9 Å². The van der Waals surface area contributed by atoms with Gasteiger partial charge in [0.2, 0.25) is 5.95 Å². The molecule has 3 aromatic rings. The van der Waals surface area contributed by atoms with Crippen molar-refractivity contribution >= 4 is 28.7 Å². The third kappa shape index (κ3) is 3.20. The van der Waals surface area contributed by atoms with E-state index in [0.717, 1.165) is 29.9 Å². The highest BCUT2D eigenvalue weighted by Gasteiger charge is 2.14. The van der Waals surface area contributed by atoms with E-state index in [1.54, 1.807) is 18.6 Å². The highest BCUT2D eigenvalue weighted by Crippen LogP contribution is 2.24. The summed E-state index contributed by atoms with van der Waals surface area (Å²) >= 11 is 0. The van der Waals surface area contributed by atoms with Crippen LogP contribution in [-0.2, 0) is 0 Å². The van der Waals surface area contributed by atoms with Gasteiger partial charge in [0.1, 0.15) is 12.1 Å². The quantitative estimate of drug-likeness (QED) is 0.722. The maximum atomic E-state index is 4.60. The van der Waals surface area contributed by atoms with Gasteiger partial charge in [-0.1, -0.05) is 6.92 Å². The molecule has 0 saturated heterocycles. The van der Waals surface area contributed by atoms with Crippen LogP contribution in [0.5, 0.6) is 0 Å². The van der Waals surface area contributed by atoms with Gasteiger partial charge >= 0.3 is 0 Å². The molecule has 0 spiro atoms. The first-order valence-electron chi connectivity index (χ1n) is 7.70. The van der Waals surface area contributed by atoms with Crippen molar-refractivity contribution in [1.82, 2.24) is 29.5 Å². The molecule has 0 bridgehead atoms. The highest BCUT2D eigenvalue weighted by atomic mass is 15.2. The second-order valence-corrected chi connectivity index (χ2v) is 5.46. The first-order chi connectivity index (χ1) is 11.2. The van der Waals surface area contributed by atoms with E-state index < -0.39 is 0 Å². The average molecular weight is 312 g/mol. The number of anilines is 3. The first kappa shape index (κ1) is 15.1. The van der Waals surface area contributed by atoms with Crippen LogP contribution in [0.3, 0.4) is 0 Å². The molecule has 8 nitrogen and oxygen atoms in total. The Kier molecular flexibility index (Phi) is 4.31. The van der Waals surface area contributed by atoms with Crippen molar-refractivity contribution in [2.75, 3.05) is 17.2 Å². The molecule has 0 aliphatic rings. The van der Waals surface area contributed by atoms with E-state index in [2.05, 4.69) is 56.3 Å². The predicted octanol–water partition coefficient (Wildman–Crippen LogP) is 2.76. The van der Waals surface area contributed by atoms with Crippen molar-refractivity contribution in [2.24, 2.45) is 0 Å². The zero-order valence-corrected chi connectivity index (χ0v) is 13.5. The van der Waals surface area contributed by atoms with E-state index in [0.29, 0.717) is 11.8 Å². The van der Waals surface area contributed by atoms with Crippen LogP contribution >= 0.6 is 0 Å². The highest BCUT2D eigenvalue weighted by molar-refractivity contribution is 5.84. The van der Waals surface area contributed by atoms with Crippen LogP contribution in [0, 0.1) is 0 Å². The van der Waals surface area contributed by atoms with Gasteiger partial charge in [-0.15, -0.1) is 0 Å². The standard InChI is InChI=1S/C15H20N8/c1-4-6-17-13-12-14(23(9-19-12)10(2)3)22-15(21-13)20-11-5-7-16-8-18-11/h5,7-10H,4,6H2,1-3H3,(H2,16,17,18,20,21,22). The smallest absolute Gasteiger partial charge is 0.232 e. The molecule has 0 fully saturated rings. The van der Waals surface area contributed by atoms with Crippen molar-refractivity contribution in [3.05, 3.63) is 24.9 Å². The Hall–Kier alpha value is -2.77. The average Bonchev–Trinajstić information content (AvgIpc) is 2.98. The lowest BCUT2D eigenvalue weighted by molar-refractivity contribution is 0.613. The summed E-state index contributed by atoms with van der Waals surface area (Å²) in [5.41, 5.74) is 1.57. The van der Waals surface area contributed by atoms with Crippen LogP contribution < -0.4 is 10.6 Å². The number of nitrogens with zero attached hydrogens (tertiary/aromatic N) is 6. The number of fused-ring (bicyclic) bond motifs is 1. The Labute approximate surface area is 134 Å². The third-order valence-electron chi connectivity index (χ3n) is 3.34. The number of imidazole rings is 1. The Morgan fingerprint density at radius 3 is 2.78 bits per heavy atom. The summed E-state index contributed by atoms with van der Waals surface area (Å²) in [7, 11) is 0. The molecule has 3 heterocycles. The maximum Gasteiger partial charge on any atom is 0.232 e. The summed E-state index contributed by atoms with van der Waals surface area (Å²) in [6.07, 6.45) is 5.96. The molecule has 3 aromatic heterocycles. The topological polar surface area (TPSA) is 93.4 Å². The van der Waals surface area contributed by atoms with Crippen LogP contribution in [0.4, 0.5) is 17.6 Å². The van der Waals surface area contributed by atoms with Gasteiger partial charge in [0, 0.05) is 18.8 Å². The minimum atomic E-state index is 0.265. The van der Waals surface area contributed by atoms with E-state index in [1.165, 1.54) is 6.33 Å². The van der Waals surface area contributed by atoms with E-state index in [4.69, 9.17) is 0 Å². The minimum Gasteiger partial charge on any atom is -0.368 e. The van der Waals surface area contributed by atoms with Crippen molar-refractivity contribution < 1.29 is 0 Å². The molecular formula is C15H20N8.